The molecule has 0 aliphatic heterocycles. The van der Waals surface area contributed by atoms with Crippen molar-refractivity contribution in [2.45, 2.75) is 19.4 Å². The zero-order valence-electron chi connectivity index (χ0n) is 18.2. The SMILES string of the molecule is CCOC(=O)C[C@H](NC(=O)Nc1c(O)ccn(C)c1=O)c1cccc(-c2cccc(Cl)c2)c1. The molecule has 1 aromatic heterocycles. The van der Waals surface area contributed by atoms with E-state index in [1.54, 1.807) is 19.1 Å². The van der Waals surface area contributed by atoms with Crippen molar-refractivity contribution in [1.29, 1.82) is 0 Å². The molecule has 3 rings (SSSR count). The molecule has 8 nitrogen and oxygen atoms in total. The quantitative estimate of drug-likeness (QED) is 0.448. The van der Waals surface area contributed by atoms with Crippen LogP contribution in [-0.2, 0) is 16.6 Å². The number of nitrogens with one attached hydrogen (secondary N) is 2. The lowest BCUT2D eigenvalue weighted by Crippen LogP contribution is -2.36. The van der Waals surface area contributed by atoms with E-state index in [0.717, 1.165) is 11.1 Å². The molecule has 0 aliphatic carbocycles. The van der Waals surface area contributed by atoms with Crippen LogP contribution in [0.4, 0.5) is 10.5 Å². The number of aromatic nitrogens is 1. The molecule has 1 atom stereocenters. The number of hydrogen-bond donors (Lipinski definition) is 3. The van der Waals surface area contributed by atoms with Crippen molar-refractivity contribution in [2.75, 3.05) is 11.9 Å². The van der Waals surface area contributed by atoms with Crippen molar-refractivity contribution in [3.8, 4) is 16.9 Å². The number of ether oxygens (including phenoxy) is 1. The Morgan fingerprint density at radius 1 is 1.12 bits per heavy atom. The highest BCUT2D eigenvalue weighted by molar-refractivity contribution is 6.30. The standard InChI is InChI=1S/C24H24ClN3O5/c1-3-33-21(30)14-19(26-24(32)27-22-20(29)10-11-28(2)23(22)31)17-8-4-6-15(12-17)16-7-5-9-18(25)13-16/h4-13,19,29H,3,14H2,1-2H3,(H2,26,27,32)/t19-/m0/s1. The molecule has 0 radical (unpaired) electrons. The summed E-state index contributed by atoms with van der Waals surface area (Å²) >= 11 is 6.11. The van der Waals surface area contributed by atoms with Gasteiger partial charge in [-0.05, 0) is 47.9 Å². The van der Waals surface area contributed by atoms with E-state index in [9.17, 15) is 19.5 Å². The van der Waals surface area contributed by atoms with Crippen LogP contribution in [0, 0.1) is 0 Å². The first-order valence-corrected chi connectivity index (χ1v) is 10.6. The predicted octanol–water partition coefficient (Wildman–Crippen LogP) is 4.23. The number of nitrogens with zero attached hydrogens (tertiary/aromatic N) is 1. The number of aromatic hydroxyl groups is 1. The predicted molar refractivity (Wildman–Crippen MR) is 126 cm³/mol. The van der Waals surface area contributed by atoms with Gasteiger partial charge in [-0.1, -0.05) is 41.9 Å². The number of carbonyl (C=O) groups excluding carboxylic acids is 2. The van der Waals surface area contributed by atoms with Crippen LogP contribution in [0.5, 0.6) is 5.75 Å². The maximum Gasteiger partial charge on any atom is 0.319 e. The molecule has 172 valence electrons. The van der Waals surface area contributed by atoms with E-state index in [0.29, 0.717) is 10.6 Å². The molecule has 33 heavy (non-hydrogen) atoms. The van der Waals surface area contributed by atoms with Crippen LogP contribution in [0.25, 0.3) is 11.1 Å². The molecule has 0 bridgehead atoms. The molecule has 0 saturated heterocycles. The van der Waals surface area contributed by atoms with Gasteiger partial charge in [0.25, 0.3) is 5.56 Å². The average molecular weight is 470 g/mol. The van der Waals surface area contributed by atoms with Gasteiger partial charge in [0.15, 0.2) is 5.69 Å². The maximum atomic E-state index is 12.7. The van der Waals surface area contributed by atoms with Gasteiger partial charge >= 0.3 is 12.0 Å². The van der Waals surface area contributed by atoms with E-state index in [1.807, 2.05) is 36.4 Å². The third-order valence-corrected chi connectivity index (χ3v) is 5.15. The summed E-state index contributed by atoms with van der Waals surface area (Å²) in [7, 11) is 1.50. The third kappa shape index (κ3) is 6.14. The van der Waals surface area contributed by atoms with Gasteiger partial charge in [0.05, 0.1) is 19.1 Å². The van der Waals surface area contributed by atoms with Crippen molar-refractivity contribution in [1.82, 2.24) is 9.88 Å². The number of halogens is 1. The van der Waals surface area contributed by atoms with Crippen LogP contribution in [0.2, 0.25) is 5.02 Å². The lowest BCUT2D eigenvalue weighted by Gasteiger charge is -2.20. The molecule has 0 aliphatic rings. The van der Waals surface area contributed by atoms with Gasteiger partial charge in [-0.25, -0.2) is 4.79 Å². The van der Waals surface area contributed by atoms with Crippen LogP contribution in [-0.4, -0.2) is 28.3 Å². The molecule has 3 aromatic rings. The molecule has 0 unspecified atom stereocenters. The van der Waals surface area contributed by atoms with E-state index < -0.39 is 23.6 Å². The van der Waals surface area contributed by atoms with Gasteiger partial charge in [0.2, 0.25) is 0 Å². The van der Waals surface area contributed by atoms with Gasteiger partial charge in [-0.3, -0.25) is 9.59 Å². The molecule has 2 aromatic carbocycles. The number of carbonyl (C=O) groups is 2. The second-order valence-electron chi connectivity index (χ2n) is 7.29. The Morgan fingerprint density at radius 3 is 2.52 bits per heavy atom. The van der Waals surface area contributed by atoms with Crippen molar-refractivity contribution < 1.29 is 19.4 Å². The zero-order valence-corrected chi connectivity index (χ0v) is 18.9. The Bertz CT molecular complexity index is 1220. The van der Waals surface area contributed by atoms with Gasteiger partial charge in [0.1, 0.15) is 5.75 Å². The van der Waals surface area contributed by atoms with Crippen molar-refractivity contribution in [3.63, 3.8) is 0 Å². The summed E-state index contributed by atoms with van der Waals surface area (Å²) < 4.78 is 6.28. The summed E-state index contributed by atoms with van der Waals surface area (Å²) in [5.41, 5.74) is 1.54. The topological polar surface area (TPSA) is 110 Å². The number of aryl methyl sites for hydroxylation is 1. The largest absolute Gasteiger partial charge is 0.505 e. The van der Waals surface area contributed by atoms with Crippen LogP contribution < -0.4 is 16.2 Å². The van der Waals surface area contributed by atoms with E-state index in [-0.39, 0.29) is 24.5 Å². The Hall–Kier alpha value is -3.78. The third-order valence-electron chi connectivity index (χ3n) is 4.91. The monoisotopic (exact) mass is 469 g/mol. The van der Waals surface area contributed by atoms with Crippen LogP contribution >= 0.6 is 11.6 Å². The molecule has 0 spiro atoms. The summed E-state index contributed by atoms with van der Waals surface area (Å²) in [6.45, 7) is 1.90. The highest BCUT2D eigenvalue weighted by Gasteiger charge is 2.21. The molecular weight excluding hydrogens is 446 g/mol. The summed E-state index contributed by atoms with van der Waals surface area (Å²) in [4.78, 5) is 37.2. The molecule has 3 N–H and O–H groups in total. The van der Waals surface area contributed by atoms with Gasteiger partial charge in [-0.15, -0.1) is 0 Å². The Balaban J connectivity index is 1.89. The Labute approximate surface area is 195 Å². The number of urea groups is 1. The van der Waals surface area contributed by atoms with Gasteiger partial charge in [0, 0.05) is 18.3 Å². The van der Waals surface area contributed by atoms with Crippen molar-refractivity contribution >= 4 is 29.3 Å². The first-order chi connectivity index (χ1) is 15.8. The number of hydrogen-bond acceptors (Lipinski definition) is 5. The van der Waals surface area contributed by atoms with Crippen molar-refractivity contribution in [2.24, 2.45) is 7.05 Å². The minimum atomic E-state index is -0.754. The highest BCUT2D eigenvalue weighted by Crippen LogP contribution is 2.27. The fraction of sp³-hybridized carbons (Fsp3) is 0.208. The minimum Gasteiger partial charge on any atom is -0.505 e. The fourth-order valence-corrected chi connectivity index (χ4v) is 3.48. The molecular formula is C24H24ClN3O5. The van der Waals surface area contributed by atoms with E-state index in [1.165, 1.54) is 23.9 Å². The summed E-state index contributed by atoms with van der Waals surface area (Å²) in [6, 6.07) is 14.4. The van der Waals surface area contributed by atoms with Crippen LogP contribution in [0.15, 0.2) is 65.6 Å². The molecule has 9 heteroatoms. The Morgan fingerprint density at radius 2 is 1.82 bits per heavy atom. The van der Waals surface area contributed by atoms with E-state index >= 15 is 0 Å². The number of rotatable bonds is 7. The Kier molecular flexibility index (Phi) is 7.74. The van der Waals surface area contributed by atoms with Crippen LogP contribution in [0.3, 0.4) is 0 Å². The number of anilines is 1. The second kappa shape index (κ2) is 10.7. The van der Waals surface area contributed by atoms with E-state index in [4.69, 9.17) is 16.3 Å². The lowest BCUT2D eigenvalue weighted by molar-refractivity contribution is -0.143. The first-order valence-electron chi connectivity index (χ1n) is 10.3. The van der Waals surface area contributed by atoms with Gasteiger partial charge in [-0.2, -0.15) is 0 Å². The smallest absolute Gasteiger partial charge is 0.319 e. The lowest BCUT2D eigenvalue weighted by atomic mass is 9.98. The average Bonchev–Trinajstić information content (AvgIpc) is 2.79. The van der Waals surface area contributed by atoms with E-state index in [2.05, 4.69) is 10.6 Å². The second-order valence-corrected chi connectivity index (χ2v) is 7.72. The molecule has 2 amide bonds. The summed E-state index contributed by atoms with van der Waals surface area (Å²) in [6.07, 6.45) is 1.25. The molecule has 1 heterocycles. The highest BCUT2D eigenvalue weighted by atomic mass is 35.5. The molecule has 0 fully saturated rings. The number of benzene rings is 2. The minimum absolute atomic E-state index is 0.126. The number of pyridine rings is 1. The number of amides is 2. The summed E-state index contributed by atoms with van der Waals surface area (Å²) in [5.74, 6) is -0.854. The number of esters is 1. The fourth-order valence-electron chi connectivity index (χ4n) is 3.29. The van der Waals surface area contributed by atoms with Gasteiger partial charge < -0.3 is 25.0 Å². The normalized spacial score (nSPS) is 11.5. The van der Waals surface area contributed by atoms with Crippen LogP contribution in [0.1, 0.15) is 24.9 Å². The van der Waals surface area contributed by atoms with Crippen molar-refractivity contribution in [3.05, 3.63) is 81.7 Å². The zero-order chi connectivity index (χ0) is 24.0. The first kappa shape index (κ1) is 23.9. The summed E-state index contributed by atoms with van der Waals surface area (Å²) in [5, 5.41) is 15.6. The molecule has 0 saturated carbocycles. The maximum absolute atomic E-state index is 12.7.